The fourth-order valence-electron chi connectivity index (χ4n) is 2.25. The van der Waals surface area contributed by atoms with E-state index >= 15 is 0 Å². The van der Waals surface area contributed by atoms with Crippen LogP contribution in [0.4, 0.5) is 5.69 Å². The van der Waals surface area contributed by atoms with Gasteiger partial charge < -0.3 is 4.52 Å². The lowest BCUT2D eigenvalue weighted by molar-refractivity contribution is -0.384. The number of nitrogens with zero attached hydrogens (tertiary/aromatic N) is 3. The van der Waals surface area contributed by atoms with Crippen LogP contribution < -0.4 is 0 Å². The molecule has 8 heteroatoms. The molecule has 1 aromatic heterocycles. The Kier molecular flexibility index (Phi) is 5.35. The fourth-order valence-corrected chi connectivity index (χ4v) is 3.51. The van der Waals surface area contributed by atoms with E-state index in [4.69, 9.17) is 16.1 Å². The smallest absolute Gasteiger partial charge is 0.269 e. The normalized spacial score (nSPS) is 12.1. The van der Waals surface area contributed by atoms with Crippen LogP contribution >= 0.6 is 23.4 Å². The van der Waals surface area contributed by atoms with E-state index in [-0.39, 0.29) is 10.9 Å². The highest BCUT2D eigenvalue weighted by atomic mass is 35.5. The number of hydrogen-bond acceptors (Lipinski definition) is 6. The summed E-state index contributed by atoms with van der Waals surface area (Å²) < 4.78 is 5.26. The Morgan fingerprint density at radius 2 is 1.96 bits per heavy atom. The lowest BCUT2D eigenvalue weighted by atomic mass is 10.2. The van der Waals surface area contributed by atoms with Crippen molar-refractivity contribution in [1.82, 2.24) is 10.1 Å². The van der Waals surface area contributed by atoms with Crippen molar-refractivity contribution in [3.8, 4) is 11.4 Å². The van der Waals surface area contributed by atoms with Crippen LogP contribution in [0.2, 0.25) is 5.02 Å². The van der Waals surface area contributed by atoms with Gasteiger partial charge in [-0.1, -0.05) is 35.0 Å². The minimum atomic E-state index is -0.446. The van der Waals surface area contributed by atoms with E-state index < -0.39 is 4.92 Å². The average Bonchev–Trinajstić information content (AvgIpc) is 3.09. The van der Waals surface area contributed by atoms with Crippen molar-refractivity contribution in [2.75, 3.05) is 0 Å². The van der Waals surface area contributed by atoms with Gasteiger partial charge in [-0.05, 0) is 30.7 Å². The second-order valence-electron chi connectivity index (χ2n) is 5.29. The van der Waals surface area contributed by atoms with Crippen LogP contribution in [0.1, 0.15) is 23.6 Å². The largest absolute Gasteiger partial charge is 0.338 e. The molecular weight excluding hydrogens is 362 g/mol. The van der Waals surface area contributed by atoms with Crippen molar-refractivity contribution in [3.63, 3.8) is 0 Å². The Bertz CT molecular complexity index is 883. The van der Waals surface area contributed by atoms with Crippen molar-refractivity contribution in [2.24, 2.45) is 0 Å². The lowest BCUT2D eigenvalue weighted by Crippen LogP contribution is -1.91. The van der Waals surface area contributed by atoms with Gasteiger partial charge >= 0.3 is 0 Å². The third-order valence-corrected chi connectivity index (χ3v) is 5.12. The van der Waals surface area contributed by atoms with Crippen LogP contribution in [-0.4, -0.2) is 15.1 Å². The summed E-state index contributed by atoms with van der Waals surface area (Å²) in [6, 6.07) is 13.8. The van der Waals surface area contributed by atoms with E-state index in [0.29, 0.717) is 23.0 Å². The molecule has 0 aliphatic heterocycles. The van der Waals surface area contributed by atoms with Gasteiger partial charge in [0.15, 0.2) is 0 Å². The molecule has 3 aromatic rings. The molecule has 128 valence electrons. The number of rotatable bonds is 6. The van der Waals surface area contributed by atoms with Gasteiger partial charge in [-0.25, -0.2) is 0 Å². The quantitative estimate of drug-likeness (QED) is 0.430. The molecule has 0 saturated heterocycles. The van der Waals surface area contributed by atoms with E-state index in [1.54, 1.807) is 23.9 Å². The van der Waals surface area contributed by atoms with E-state index in [9.17, 15) is 10.1 Å². The number of hydrogen-bond donors (Lipinski definition) is 0. The molecule has 1 heterocycles. The van der Waals surface area contributed by atoms with Gasteiger partial charge in [0.25, 0.3) is 5.69 Å². The first-order valence-electron chi connectivity index (χ1n) is 7.48. The molecule has 1 unspecified atom stereocenters. The second kappa shape index (κ2) is 7.67. The number of thioether (sulfide) groups is 1. The molecule has 2 aromatic carbocycles. The van der Waals surface area contributed by atoms with Crippen LogP contribution in [0.3, 0.4) is 0 Å². The molecule has 6 nitrogen and oxygen atoms in total. The Balaban J connectivity index is 1.65. The molecule has 0 amide bonds. The predicted molar refractivity (Wildman–Crippen MR) is 97.6 cm³/mol. The highest BCUT2D eigenvalue weighted by molar-refractivity contribution is 7.98. The van der Waals surface area contributed by atoms with Gasteiger partial charge in [0.2, 0.25) is 11.7 Å². The zero-order valence-electron chi connectivity index (χ0n) is 13.3. The Morgan fingerprint density at radius 3 is 2.64 bits per heavy atom. The number of aromatic nitrogens is 2. The first kappa shape index (κ1) is 17.4. The van der Waals surface area contributed by atoms with Gasteiger partial charge in [0, 0.05) is 28.0 Å². The van der Waals surface area contributed by atoms with Crippen LogP contribution in [0.15, 0.2) is 53.1 Å². The summed E-state index contributed by atoms with van der Waals surface area (Å²) in [4.78, 5) is 14.6. The highest BCUT2D eigenvalue weighted by Gasteiger charge is 2.14. The van der Waals surface area contributed by atoms with Crippen molar-refractivity contribution in [3.05, 3.63) is 75.1 Å². The van der Waals surface area contributed by atoms with E-state index in [1.165, 1.54) is 12.1 Å². The topological polar surface area (TPSA) is 82.1 Å². The molecule has 25 heavy (non-hydrogen) atoms. The number of benzene rings is 2. The summed E-state index contributed by atoms with van der Waals surface area (Å²) in [7, 11) is 0. The SMILES string of the molecule is CC(SCc1nc(-c2ccc([N+](=O)[O-])cc2)no1)c1ccccc1Cl. The van der Waals surface area contributed by atoms with Crippen molar-refractivity contribution in [1.29, 1.82) is 0 Å². The Hall–Kier alpha value is -2.38. The molecule has 0 aliphatic carbocycles. The maximum Gasteiger partial charge on any atom is 0.269 e. The Morgan fingerprint density at radius 1 is 1.24 bits per heavy atom. The molecule has 0 fully saturated rings. The first-order chi connectivity index (χ1) is 12.0. The summed E-state index contributed by atoms with van der Waals surface area (Å²) in [6.07, 6.45) is 0. The molecule has 1 atom stereocenters. The van der Waals surface area contributed by atoms with Crippen LogP contribution in [0.5, 0.6) is 0 Å². The molecule has 0 aliphatic rings. The third-order valence-electron chi connectivity index (χ3n) is 3.60. The Labute approximate surface area is 153 Å². The first-order valence-corrected chi connectivity index (χ1v) is 8.90. The number of non-ortho nitro benzene ring substituents is 1. The molecule has 0 radical (unpaired) electrons. The molecule has 0 spiro atoms. The van der Waals surface area contributed by atoms with E-state index in [2.05, 4.69) is 17.1 Å². The number of nitro groups is 1. The number of halogens is 1. The highest BCUT2D eigenvalue weighted by Crippen LogP contribution is 2.34. The van der Waals surface area contributed by atoms with Crippen LogP contribution in [0.25, 0.3) is 11.4 Å². The molecule has 0 N–H and O–H groups in total. The molecule has 3 rings (SSSR count). The molecule has 0 bridgehead atoms. The predicted octanol–water partition coefficient (Wildman–Crippen LogP) is 5.29. The maximum absolute atomic E-state index is 10.7. The minimum Gasteiger partial charge on any atom is -0.338 e. The van der Waals surface area contributed by atoms with Gasteiger partial charge in [0.1, 0.15) is 0 Å². The summed E-state index contributed by atoms with van der Waals surface area (Å²) in [5, 5.41) is 15.5. The monoisotopic (exact) mass is 375 g/mol. The van der Waals surface area contributed by atoms with Crippen molar-refractivity contribution < 1.29 is 9.45 Å². The maximum atomic E-state index is 10.7. The number of nitro benzene ring substituents is 1. The average molecular weight is 376 g/mol. The van der Waals surface area contributed by atoms with Gasteiger partial charge in [-0.3, -0.25) is 10.1 Å². The van der Waals surface area contributed by atoms with Gasteiger partial charge in [0.05, 0.1) is 10.7 Å². The van der Waals surface area contributed by atoms with Gasteiger partial charge in [-0.15, -0.1) is 11.8 Å². The van der Waals surface area contributed by atoms with Crippen molar-refractivity contribution in [2.45, 2.75) is 17.9 Å². The summed E-state index contributed by atoms with van der Waals surface area (Å²) in [5.74, 6) is 1.46. The molecular formula is C17H14ClN3O3S. The van der Waals surface area contributed by atoms with Crippen LogP contribution in [0, 0.1) is 10.1 Å². The van der Waals surface area contributed by atoms with E-state index in [1.807, 2.05) is 24.3 Å². The second-order valence-corrected chi connectivity index (χ2v) is 7.03. The standard InChI is InChI=1S/C17H14ClN3O3S/c1-11(14-4-2-3-5-15(14)18)25-10-16-19-17(20-24-16)12-6-8-13(9-7-12)21(22)23/h2-9,11H,10H2,1H3. The summed E-state index contributed by atoms with van der Waals surface area (Å²) in [5.41, 5.74) is 1.76. The zero-order valence-corrected chi connectivity index (χ0v) is 14.8. The van der Waals surface area contributed by atoms with Gasteiger partial charge in [-0.2, -0.15) is 4.98 Å². The molecule has 0 saturated carbocycles. The fraction of sp³-hybridized carbons (Fsp3) is 0.176. The summed E-state index contributed by atoms with van der Waals surface area (Å²) in [6.45, 7) is 2.07. The minimum absolute atomic E-state index is 0.0246. The summed E-state index contributed by atoms with van der Waals surface area (Å²) >= 11 is 7.85. The van der Waals surface area contributed by atoms with Crippen LogP contribution in [-0.2, 0) is 5.75 Å². The zero-order chi connectivity index (χ0) is 17.8. The third kappa shape index (κ3) is 4.18. The lowest BCUT2D eigenvalue weighted by Gasteiger charge is -2.11. The van der Waals surface area contributed by atoms with E-state index in [0.717, 1.165) is 10.6 Å². The van der Waals surface area contributed by atoms with Crippen molar-refractivity contribution >= 4 is 29.1 Å².